The molecule has 3 rings (SSSR count). The molecule has 1 aromatic heterocycles. The zero-order chi connectivity index (χ0) is 20.3. The van der Waals surface area contributed by atoms with Gasteiger partial charge in [0.1, 0.15) is 6.04 Å². The summed E-state index contributed by atoms with van der Waals surface area (Å²) in [6, 6.07) is 4.98. The van der Waals surface area contributed by atoms with E-state index in [0.717, 1.165) is 19.3 Å². The molecule has 2 aliphatic rings. The predicted molar refractivity (Wildman–Crippen MR) is 103 cm³/mol. The molecule has 0 aromatic carbocycles. The zero-order valence-electron chi connectivity index (χ0n) is 16.5. The normalized spacial score (nSPS) is 20.9. The lowest BCUT2D eigenvalue weighted by molar-refractivity contribution is 0.0543. The van der Waals surface area contributed by atoms with Crippen molar-refractivity contribution in [3.63, 3.8) is 0 Å². The van der Waals surface area contributed by atoms with E-state index in [0.29, 0.717) is 39.3 Å². The maximum Gasteiger partial charge on any atom is 0.289 e. The topological polar surface area (TPSA) is 97.9 Å². The molecular formula is C19H28N4O4S. The molecule has 0 N–H and O–H groups in total. The lowest BCUT2D eigenvalue weighted by atomic mass is 10.0. The van der Waals surface area contributed by atoms with Gasteiger partial charge in [-0.05, 0) is 30.9 Å². The van der Waals surface area contributed by atoms with Crippen molar-refractivity contribution in [3.8, 4) is 6.07 Å². The Morgan fingerprint density at radius 3 is 2.29 bits per heavy atom. The minimum Gasteiger partial charge on any atom is -0.438 e. The summed E-state index contributed by atoms with van der Waals surface area (Å²) >= 11 is 0. The van der Waals surface area contributed by atoms with Gasteiger partial charge in [0.05, 0.1) is 6.07 Å². The van der Waals surface area contributed by atoms with E-state index in [1.807, 2.05) is 13.8 Å². The van der Waals surface area contributed by atoms with Crippen molar-refractivity contribution in [2.24, 2.45) is 5.92 Å². The van der Waals surface area contributed by atoms with Crippen molar-refractivity contribution in [1.29, 1.82) is 5.26 Å². The summed E-state index contributed by atoms with van der Waals surface area (Å²) in [4.78, 5) is 16.5. The molecule has 1 atom stereocenters. The van der Waals surface area contributed by atoms with Crippen LogP contribution in [0.25, 0.3) is 0 Å². The van der Waals surface area contributed by atoms with E-state index in [4.69, 9.17) is 4.42 Å². The molecule has 1 unspecified atom stereocenters. The summed E-state index contributed by atoms with van der Waals surface area (Å²) in [6.45, 7) is 7.20. The minimum absolute atomic E-state index is 0.0460. The van der Waals surface area contributed by atoms with Gasteiger partial charge in [-0.3, -0.25) is 9.69 Å². The van der Waals surface area contributed by atoms with Gasteiger partial charge in [0.25, 0.3) is 15.9 Å². The standard InChI is InChI=1S/C19H28N4O4S/c1-15(2)16(14-20)21-10-12-22(13-11-21)19(24)17-6-7-18(27-17)28(25,26)23-8-4-3-5-9-23/h6-7,15-16H,3-5,8-13H2,1-2H3. The second-order valence-electron chi connectivity index (χ2n) is 7.73. The van der Waals surface area contributed by atoms with Gasteiger partial charge in [0.15, 0.2) is 5.76 Å². The second-order valence-corrected chi connectivity index (χ2v) is 9.60. The van der Waals surface area contributed by atoms with Gasteiger partial charge in [-0.15, -0.1) is 0 Å². The van der Waals surface area contributed by atoms with Crippen LogP contribution in [-0.2, 0) is 10.0 Å². The van der Waals surface area contributed by atoms with Crippen molar-refractivity contribution in [2.45, 2.75) is 44.2 Å². The summed E-state index contributed by atoms with van der Waals surface area (Å²) in [5.74, 6) is -0.0394. The Morgan fingerprint density at radius 2 is 1.71 bits per heavy atom. The summed E-state index contributed by atoms with van der Waals surface area (Å²) in [5.41, 5.74) is 0. The summed E-state index contributed by atoms with van der Waals surface area (Å²) in [5, 5.41) is 9.17. The molecule has 9 heteroatoms. The third-order valence-corrected chi connectivity index (χ3v) is 7.23. The van der Waals surface area contributed by atoms with Gasteiger partial charge in [-0.2, -0.15) is 9.57 Å². The first kappa shape index (κ1) is 20.8. The monoisotopic (exact) mass is 408 g/mol. The van der Waals surface area contributed by atoms with Crippen molar-refractivity contribution >= 4 is 15.9 Å². The molecule has 3 heterocycles. The maximum atomic E-state index is 12.7. The predicted octanol–water partition coefficient (Wildman–Crippen LogP) is 1.76. The molecule has 0 bridgehead atoms. The highest BCUT2D eigenvalue weighted by atomic mass is 32.2. The number of carbonyl (C=O) groups excluding carboxylic acids is 1. The lowest BCUT2D eigenvalue weighted by Gasteiger charge is -2.37. The molecule has 0 spiro atoms. The number of carbonyl (C=O) groups is 1. The minimum atomic E-state index is -3.69. The molecular weight excluding hydrogens is 380 g/mol. The number of nitriles is 1. The number of nitrogens with zero attached hydrogens (tertiary/aromatic N) is 4. The van der Waals surface area contributed by atoms with Crippen LogP contribution < -0.4 is 0 Å². The lowest BCUT2D eigenvalue weighted by Crippen LogP contribution is -2.52. The van der Waals surface area contributed by atoms with E-state index in [1.165, 1.54) is 16.4 Å². The van der Waals surface area contributed by atoms with Crippen LogP contribution in [0.15, 0.2) is 21.6 Å². The SMILES string of the molecule is CC(C)C(C#N)N1CCN(C(=O)c2ccc(S(=O)(=O)N3CCCCC3)o2)CC1. The number of hydrogen-bond donors (Lipinski definition) is 0. The smallest absolute Gasteiger partial charge is 0.289 e. The molecule has 2 fully saturated rings. The van der Waals surface area contributed by atoms with Crippen LogP contribution >= 0.6 is 0 Å². The number of rotatable bonds is 5. The van der Waals surface area contributed by atoms with E-state index in [9.17, 15) is 18.5 Å². The van der Waals surface area contributed by atoms with E-state index in [2.05, 4.69) is 11.0 Å². The fourth-order valence-corrected chi connectivity index (χ4v) is 5.25. The van der Waals surface area contributed by atoms with Gasteiger partial charge in [-0.1, -0.05) is 20.3 Å². The average molecular weight is 409 g/mol. The van der Waals surface area contributed by atoms with Gasteiger partial charge in [-0.25, -0.2) is 8.42 Å². The second kappa shape index (κ2) is 8.64. The Labute approximate surface area is 166 Å². The van der Waals surface area contributed by atoms with E-state index < -0.39 is 10.0 Å². The molecule has 0 saturated carbocycles. The number of amides is 1. The fraction of sp³-hybridized carbons (Fsp3) is 0.684. The fourth-order valence-electron chi connectivity index (χ4n) is 3.82. The molecule has 154 valence electrons. The summed E-state index contributed by atoms with van der Waals surface area (Å²) < 4.78 is 32.3. The number of piperidine rings is 1. The Balaban J connectivity index is 1.64. The van der Waals surface area contributed by atoms with Gasteiger partial charge < -0.3 is 9.32 Å². The highest BCUT2D eigenvalue weighted by molar-refractivity contribution is 7.89. The Morgan fingerprint density at radius 1 is 1.07 bits per heavy atom. The Kier molecular flexibility index (Phi) is 6.43. The third kappa shape index (κ3) is 4.24. The highest BCUT2D eigenvalue weighted by Crippen LogP contribution is 2.23. The van der Waals surface area contributed by atoms with Crippen LogP contribution in [0.5, 0.6) is 0 Å². The number of sulfonamides is 1. The molecule has 1 aromatic rings. The van der Waals surface area contributed by atoms with Crippen molar-refractivity contribution in [2.75, 3.05) is 39.3 Å². The van der Waals surface area contributed by atoms with Crippen LogP contribution in [0.4, 0.5) is 0 Å². The number of piperazine rings is 1. The van der Waals surface area contributed by atoms with Crippen molar-refractivity contribution < 1.29 is 17.6 Å². The molecule has 8 nitrogen and oxygen atoms in total. The largest absolute Gasteiger partial charge is 0.438 e. The molecule has 0 aliphatic carbocycles. The first-order chi connectivity index (χ1) is 13.3. The van der Waals surface area contributed by atoms with Gasteiger partial charge >= 0.3 is 0 Å². The molecule has 28 heavy (non-hydrogen) atoms. The van der Waals surface area contributed by atoms with E-state index in [1.54, 1.807) is 4.90 Å². The van der Waals surface area contributed by atoms with E-state index in [-0.39, 0.29) is 28.7 Å². The van der Waals surface area contributed by atoms with E-state index >= 15 is 0 Å². The Bertz CT molecular complexity index is 828. The molecule has 1 amide bonds. The van der Waals surface area contributed by atoms with Crippen LogP contribution in [0, 0.1) is 17.2 Å². The third-order valence-electron chi connectivity index (χ3n) is 5.46. The van der Waals surface area contributed by atoms with Crippen molar-refractivity contribution in [3.05, 3.63) is 17.9 Å². The molecule has 0 radical (unpaired) electrons. The summed E-state index contributed by atoms with van der Waals surface area (Å²) in [7, 11) is -3.69. The zero-order valence-corrected chi connectivity index (χ0v) is 17.3. The van der Waals surface area contributed by atoms with Crippen molar-refractivity contribution in [1.82, 2.24) is 14.1 Å². The van der Waals surface area contributed by atoms with Crippen LogP contribution in [0.1, 0.15) is 43.7 Å². The van der Waals surface area contributed by atoms with Crippen LogP contribution in [-0.4, -0.2) is 73.7 Å². The van der Waals surface area contributed by atoms with Gasteiger partial charge in [0, 0.05) is 39.3 Å². The Hall–Kier alpha value is -1.89. The average Bonchev–Trinajstić information content (AvgIpc) is 3.20. The summed E-state index contributed by atoms with van der Waals surface area (Å²) in [6.07, 6.45) is 2.72. The molecule has 2 aliphatic heterocycles. The highest BCUT2D eigenvalue weighted by Gasteiger charge is 2.32. The maximum absolute atomic E-state index is 12.7. The first-order valence-corrected chi connectivity index (χ1v) is 11.3. The van der Waals surface area contributed by atoms with Crippen LogP contribution in [0.2, 0.25) is 0 Å². The van der Waals surface area contributed by atoms with Gasteiger partial charge in [0.2, 0.25) is 5.09 Å². The van der Waals surface area contributed by atoms with Crippen LogP contribution in [0.3, 0.4) is 0 Å². The quantitative estimate of drug-likeness (QED) is 0.736. The number of hydrogen-bond acceptors (Lipinski definition) is 6. The number of furan rings is 1. The molecule has 2 saturated heterocycles. The first-order valence-electron chi connectivity index (χ1n) is 9.87.